The van der Waals surface area contributed by atoms with Gasteiger partial charge in [0.2, 0.25) is 0 Å². The number of aryl methyl sites for hydroxylation is 2. The molecule has 2 rings (SSSR count). The Bertz CT molecular complexity index is 480. The number of hydrogen-bond donors (Lipinski definition) is 0. The van der Waals surface area contributed by atoms with E-state index >= 15 is 0 Å². The van der Waals surface area contributed by atoms with Crippen LogP contribution in [0.5, 0.6) is 0 Å². The van der Waals surface area contributed by atoms with Crippen LogP contribution in [0, 0.1) is 13.8 Å². The SMILES string of the molecule is CCCCC(c1cccc(C)c1)c1cccc(C)c1. The predicted octanol–water partition coefficient (Wildman–Crippen LogP) is 5.63. The topological polar surface area (TPSA) is 0 Å². The highest BCUT2D eigenvalue weighted by molar-refractivity contribution is 5.36. The molecule has 19 heavy (non-hydrogen) atoms. The molecule has 0 heterocycles. The first-order chi connectivity index (χ1) is 9.20. The van der Waals surface area contributed by atoms with E-state index in [1.165, 1.54) is 41.5 Å². The summed E-state index contributed by atoms with van der Waals surface area (Å²) in [5.74, 6) is 0.541. The van der Waals surface area contributed by atoms with Crippen molar-refractivity contribution in [3.8, 4) is 0 Å². The Morgan fingerprint density at radius 1 is 0.842 bits per heavy atom. The first kappa shape index (κ1) is 13.9. The van der Waals surface area contributed by atoms with Gasteiger partial charge >= 0.3 is 0 Å². The Morgan fingerprint density at radius 2 is 1.37 bits per heavy atom. The summed E-state index contributed by atoms with van der Waals surface area (Å²) in [4.78, 5) is 0. The molecule has 0 fully saturated rings. The fourth-order valence-corrected chi connectivity index (χ4v) is 2.71. The van der Waals surface area contributed by atoms with Crippen LogP contribution in [0.3, 0.4) is 0 Å². The summed E-state index contributed by atoms with van der Waals surface area (Å²) in [6.45, 7) is 6.62. The number of unbranched alkanes of at least 4 members (excludes halogenated alkanes) is 1. The zero-order valence-electron chi connectivity index (χ0n) is 12.3. The van der Waals surface area contributed by atoms with Gasteiger partial charge in [-0.05, 0) is 31.4 Å². The van der Waals surface area contributed by atoms with Gasteiger partial charge in [-0.25, -0.2) is 0 Å². The molecule has 0 unspecified atom stereocenters. The van der Waals surface area contributed by atoms with Crippen LogP contribution in [-0.2, 0) is 0 Å². The number of hydrogen-bond acceptors (Lipinski definition) is 0. The number of rotatable bonds is 5. The average molecular weight is 252 g/mol. The van der Waals surface area contributed by atoms with Crippen molar-refractivity contribution in [2.24, 2.45) is 0 Å². The van der Waals surface area contributed by atoms with E-state index in [0.29, 0.717) is 5.92 Å². The highest BCUT2D eigenvalue weighted by atomic mass is 14.2. The maximum absolute atomic E-state index is 2.34. The lowest BCUT2D eigenvalue weighted by molar-refractivity contribution is 0.649. The average Bonchev–Trinajstić information content (AvgIpc) is 2.39. The molecule has 0 atom stereocenters. The highest BCUT2D eigenvalue weighted by Gasteiger charge is 2.13. The maximum atomic E-state index is 2.34. The van der Waals surface area contributed by atoms with Crippen molar-refractivity contribution in [3.63, 3.8) is 0 Å². The van der Waals surface area contributed by atoms with E-state index in [0.717, 1.165) is 0 Å². The van der Waals surface area contributed by atoms with Crippen LogP contribution in [0.25, 0.3) is 0 Å². The standard InChI is InChI=1S/C19H24/c1-4-5-12-19(17-10-6-8-15(2)13-17)18-11-7-9-16(3)14-18/h6-11,13-14,19H,4-5,12H2,1-3H3. The number of benzene rings is 2. The summed E-state index contributed by atoms with van der Waals surface area (Å²) in [5.41, 5.74) is 5.62. The van der Waals surface area contributed by atoms with E-state index in [4.69, 9.17) is 0 Å². The Hall–Kier alpha value is -1.56. The summed E-state index contributed by atoms with van der Waals surface area (Å²) in [5, 5.41) is 0. The predicted molar refractivity (Wildman–Crippen MR) is 83.7 cm³/mol. The van der Waals surface area contributed by atoms with Gasteiger partial charge < -0.3 is 0 Å². The molecule has 0 aliphatic carbocycles. The molecular weight excluding hydrogens is 228 g/mol. The van der Waals surface area contributed by atoms with Gasteiger partial charge in [0.05, 0.1) is 0 Å². The molecule has 0 N–H and O–H groups in total. The van der Waals surface area contributed by atoms with E-state index in [1.54, 1.807) is 0 Å². The summed E-state index contributed by atoms with van der Waals surface area (Å²) in [7, 11) is 0. The summed E-state index contributed by atoms with van der Waals surface area (Å²) < 4.78 is 0. The second-order valence-electron chi connectivity index (χ2n) is 5.52. The molecule has 2 aromatic carbocycles. The molecule has 2 aromatic rings. The van der Waals surface area contributed by atoms with Gasteiger partial charge in [-0.3, -0.25) is 0 Å². The van der Waals surface area contributed by atoms with Crippen LogP contribution in [-0.4, -0.2) is 0 Å². The molecule has 0 spiro atoms. The minimum absolute atomic E-state index is 0.541. The lowest BCUT2D eigenvalue weighted by Crippen LogP contribution is -2.02. The Morgan fingerprint density at radius 3 is 1.79 bits per heavy atom. The van der Waals surface area contributed by atoms with Gasteiger partial charge in [0, 0.05) is 5.92 Å². The molecule has 0 heteroatoms. The van der Waals surface area contributed by atoms with Crippen molar-refractivity contribution in [1.29, 1.82) is 0 Å². The zero-order valence-corrected chi connectivity index (χ0v) is 12.3. The first-order valence-electron chi connectivity index (χ1n) is 7.34. The summed E-state index contributed by atoms with van der Waals surface area (Å²) in [6, 6.07) is 17.9. The molecule has 0 bridgehead atoms. The van der Waals surface area contributed by atoms with Crippen LogP contribution in [0.2, 0.25) is 0 Å². The minimum atomic E-state index is 0.541. The van der Waals surface area contributed by atoms with E-state index < -0.39 is 0 Å². The van der Waals surface area contributed by atoms with Crippen molar-refractivity contribution in [1.82, 2.24) is 0 Å². The molecular formula is C19H24. The maximum Gasteiger partial charge on any atom is 0.00895 e. The molecule has 0 amide bonds. The highest BCUT2D eigenvalue weighted by Crippen LogP contribution is 2.30. The zero-order chi connectivity index (χ0) is 13.7. The Kier molecular flexibility index (Phi) is 4.79. The van der Waals surface area contributed by atoms with Crippen molar-refractivity contribution in [2.75, 3.05) is 0 Å². The Labute approximate surface area is 117 Å². The van der Waals surface area contributed by atoms with E-state index in [1.807, 2.05) is 0 Å². The van der Waals surface area contributed by atoms with Crippen LogP contribution in [0.1, 0.15) is 54.4 Å². The molecule has 0 nitrogen and oxygen atoms in total. The van der Waals surface area contributed by atoms with E-state index in [-0.39, 0.29) is 0 Å². The van der Waals surface area contributed by atoms with Gasteiger partial charge in [-0.2, -0.15) is 0 Å². The van der Waals surface area contributed by atoms with Gasteiger partial charge in [-0.15, -0.1) is 0 Å². The quantitative estimate of drug-likeness (QED) is 0.647. The van der Waals surface area contributed by atoms with Crippen LogP contribution >= 0.6 is 0 Å². The van der Waals surface area contributed by atoms with Crippen molar-refractivity contribution >= 4 is 0 Å². The molecule has 0 radical (unpaired) electrons. The molecule has 0 aromatic heterocycles. The molecule has 0 aliphatic rings. The van der Waals surface area contributed by atoms with Gasteiger partial charge in [-0.1, -0.05) is 79.4 Å². The molecule has 0 aliphatic heterocycles. The molecule has 100 valence electrons. The van der Waals surface area contributed by atoms with Crippen LogP contribution < -0.4 is 0 Å². The van der Waals surface area contributed by atoms with Crippen LogP contribution in [0.4, 0.5) is 0 Å². The molecule has 0 saturated carbocycles. The second-order valence-corrected chi connectivity index (χ2v) is 5.52. The third-order valence-electron chi connectivity index (χ3n) is 3.74. The van der Waals surface area contributed by atoms with Gasteiger partial charge in [0.25, 0.3) is 0 Å². The van der Waals surface area contributed by atoms with E-state index in [9.17, 15) is 0 Å². The van der Waals surface area contributed by atoms with Crippen molar-refractivity contribution in [3.05, 3.63) is 70.8 Å². The fourth-order valence-electron chi connectivity index (χ4n) is 2.71. The third-order valence-corrected chi connectivity index (χ3v) is 3.74. The Balaban J connectivity index is 2.35. The second kappa shape index (κ2) is 6.56. The lowest BCUT2D eigenvalue weighted by atomic mass is 9.86. The lowest BCUT2D eigenvalue weighted by Gasteiger charge is -2.19. The normalized spacial score (nSPS) is 10.9. The summed E-state index contributed by atoms with van der Waals surface area (Å²) >= 11 is 0. The minimum Gasteiger partial charge on any atom is -0.0654 e. The van der Waals surface area contributed by atoms with Gasteiger partial charge in [0.15, 0.2) is 0 Å². The third kappa shape index (κ3) is 3.70. The fraction of sp³-hybridized carbons (Fsp3) is 0.368. The van der Waals surface area contributed by atoms with Gasteiger partial charge in [0.1, 0.15) is 0 Å². The van der Waals surface area contributed by atoms with E-state index in [2.05, 4.69) is 69.3 Å². The largest absolute Gasteiger partial charge is 0.0654 e. The van der Waals surface area contributed by atoms with Crippen molar-refractivity contribution < 1.29 is 0 Å². The monoisotopic (exact) mass is 252 g/mol. The first-order valence-corrected chi connectivity index (χ1v) is 7.34. The smallest absolute Gasteiger partial charge is 0.00895 e. The summed E-state index contributed by atoms with van der Waals surface area (Å²) in [6.07, 6.45) is 3.78. The van der Waals surface area contributed by atoms with Crippen molar-refractivity contribution in [2.45, 2.75) is 46.0 Å². The van der Waals surface area contributed by atoms with Crippen LogP contribution in [0.15, 0.2) is 48.5 Å². The molecule has 0 saturated heterocycles.